The first-order valence-electron chi connectivity index (χ1n) is 8.51. The fourth-order valence-electron chi connectivity index (χ4n) is 2.34. The second-order valence-electron chi connectivity index (χ2n) is 6.22. The van der Waals surface area contributed by atoms with Crippen LogP contribution in [0.3, 0.4) is 0 Å². The van der Waals surface area contributed by atoms with Crippen LogP contribution in [0.2, 0.25) is 0 Å². The Morgan fingerprint density at radius 2 is 2.00 bits per heavy atom. The molecule has 0 aliphatic rings. The number of thiophene rings is 1. The van der Waals surface area contributed by atoms with Crippen molar-refractivity contribution in [3.05, 3.63) is 52.3 Å². The van der Waals surface area contributed by atoms with Crippen molar-refractivity contribution >= 4 is 45.9 Å². The highest BCUT2D eigenvalue weighted by Gasteiger charge is 2.20. The Morgan fingerprint density at radius 3 is 2.62 bits per heavy atom. The van der Waals surface area contributed by atoms with Gasteiger partial charge in [-0.05, 0) is 38.1 Å². The summed E-state index contributed by atoms with van der Waals surface area (Å²) in [6, 6.07) is 7.84. The lowest BCUT2D eigenvalue weighted by atomic mass is 10.2. The Bertz CT molecular complexity index is 1030. The van der Waals surface area contributed by atoms with Gasteiger partial charge in [0.05, 0.1) is 6.10 Å². The molecule has 2 heterocycles. The quantitative estimate of drug-likeness (QED) is 0.445. The van der Waals surface area contributed by atoms with Gasteiger partial charge in [-0.3, -0.25) is 14.7 Å². The topological polar surface area (TPSA) is 118 Å². The number of ether oxygens (including phenoxy) is 2. The largest absolute Gasteiger partial charge is 0.491 e. The zero-order chi connectivity index (χ0) is 21.0. The predicted octanol–water partition coefficient (Wildman–Crippen LogP) is 3.63. The van der Waals surface area contributed by atoms with Gasteiger partial charge < -0.3 is 19.3 Å². The fraction of sp³-hybridized carbons (Fsp3) is 0.222. The summed E-state index contributed by atoms with van der Waals surface area (Å²) in [6.45, 7) is 3.85. The number of nitrogens with zero attached hydrogens (tertiary/aromatic N) is 1. The summed E-state index contributed by atoms with van der Waals surface area (Å²) in [5.74, 6) is 0.529. The normalized spacial score (nSPS) is 11.5. The summed E-state index contributed by atoms with van der Waals surface area (Å²) in [4.78, 5) is 35.7. The number of amides is 1. The van der Waals surface area contributed by atoms with Gasteiger partial charge in [-0.25, -0.2) is 4.98 Å². The molecule has 0 aliphatic heterocycles. The molecule has 154 valence electrons. The van der Waals surface area contributed by atoms with Crippen molar-refractivity contribution in [2.45, 2.75) is 26.6 Å². The minimum Gasteiger partial charge on any atom is -0.491 e. The Hall–Kier alpha value is -2.23. The Morgan fingerprint density at radius 1 is 1.24 bits per heavy atom. The average molecular weight is 454 g/mol. The molecular weight excluding hydrogens is 435 g/mol. The van der Waals surface area contributed by atoms with Gasteiger partial charge in [0, 0.05) is 28.1 Å². The Labute approximate surface area is 175 Å². The number of hydrogen-bond donors (Lipinski definition) is 3. The molecule has 0 atom stereocenters. The highest BCUT2D eigenvalue weighted by Crippen LogP contribution is 2.36. The molecule has 3 aromatic rings. The maximum atomic E-state index is 12.6. The number of benzene rings is 1. The van der Waals surface area contributed by atoms with E-state index in [0.29, 0.717) is 27.1 Å². The number of rotatable bonds is 8. The van der Waals surface area contributed by atoms with Crippen molar-refractivity contribution in [3.63, 3.8) is 0 Å². The van der Waals surface area contributed by atoms with Crippen LogP contribution < -0.4 is 19.4 Å². The molecule has 3 N–H and O–H groups in total. The molecule has 0 fully saturated rings. The number of thiazole rings is 1. The van der Waals surface area contributed by atoms with Crippen molar-refractivity contribution in [3.8, 4) is 11.5 Å². The first-order valence-corrected chi connectivity index (χ1v) is 11.8. The highest BCUT2D eigenvalue weighted by molar-refractivity contribution is 7.67. The van der Waals surface area contributed by atoms with E-state index in [4.69, 9.17) is 9.47 Å². The second-order valence-corrected chi connectivity index (χ2v) is 10.2. The van der Waals surface area contributed by atoms with E-state index in [0.717, 1.165) is 11.3 Å². The van der Waals surface area contributed by atoms with Crippen LogP contribution in [0, 0.1) is 0 Å². The van der Waals surface area contributed by atoms with Crippen molar-refractivity contribution in [2.24, 2.45) is 0 Å². The van der Waals surface area contributed by atoms with E-state index in [9.17, 15) is 19.1 Å². The maximum Gasteiger partial charge on any atom is 0.366 e. The van der Waals surface area contributed by atoms with Crippen molar-refractivity contribution in [2.75, 3.05) is 5.32 Å². The molecule has 3 rings (SSSR count). The van der Waals surface area contributed by atoms with Gasteiger partial charge in [0.15, 0.2) is 5.13 Å². The van der Waals surface area contributed by atoms with Crippen LogP contribution in [0.15, 0.2) is 41.9 Å². The lowest BCUT2D eigenvalue weighted by molar-refractivity contribution is 0.102. The van der Waals surface area contributed by atoms with Crippen molar-refractivity contribution in [1.82, 2.24) is 4.98 Å². The van der Waals surface area contributed by atoms with Crippen LogP contribution in [0.5, 0.6) is 11.5 Å². The van der Waals surface area contributed by atoms with Gasteiger partial charge in [-0.2, -0.15) is 0 Å². The molecule has 11 heteroatoms. The minimum absolute atomic E-state index is 0.0171. The third-order valence-electron chi connectivity index (χ3n) is 3.48. The molecule has 1 aromatic carbocycles. The number of carbonyl (C=O) groups excluding carboxylic acids is 1. The number of hydrogen-bond acceptors (Lipinski definition) is 7. The molecule has 8 nitrogen and oxygen atoms in total. The van der Waals surface area contributed by atoms with Crippen LogP contribution in [0.25, 0.3) is 0 Å². The van der Waals surface area contributed by atoms with Crippen LogP contribution in [-0.4, -0.2) is 26.8 Å². The third-order valence-corrected chi connectivity index (χ3v) is 6.74. The standard InChI is InChI=1S/C18H19N2O6PS2/c1-11(2)26-14-8-12(17(21)20-18-19-5-6-28-18)7-13(9-14)25-10-15-3-4-16(29-15)27(22,23)24/h3-9,11H,10H2,1-2H3,(H,19,20,21)(H2,22,23,24). The third kappa shape index (κ3) is 6.12. The molecule has 2 aromatic heterocycles. The lowest BCUT2D eigenvalue weighted by Crippen LogP contribution is -2.13. The van der Waals surface area contributed by atoms with Gasteiger partial charge in [0.1, 0.15) is 22.7 Å². The second kappa shape index (κ2) is 9.06. The zero-order valence-corrected chi connectivity index (χ0v) is 18.1. The molecule has 0 saturated heterocycles. The zero-order valence-electron chi connectivity index (χ0n) is 15.6. The summed E-state index contributed by atoms with van der Waals surface area (Å²) in [5.41, 5.74) is 0.343. The maximum absolute atomic E-state index is 12.6. The molecule has 0 spiro atoms. The van der Waals surface area contributed by atoms with Crippen LogP contribution in [0.4, 0.5) is 5.13 Å². The summed E-state index contributed by atoms with van der Waals surface area (Å²) < 4.78 is 22.8. The Balaban J connectivity index is 1.78. The molecule has 0 bridgehead atoms. The minimum atomic E-state index is -4.28. The Kier molecular flexibility index (Phi) is 6.71. The average Bonchev–Trinajstić information content (AvgIpc) is 3.30. The van der Waals surface area contributed by atoms with Gasteiger partial charge in [-0.15, -0.1) is 22.7 Å². The number of aromatic nitrogens is 1. The van der Waals surface area contributed by atoms with E-state index >= 15 is 0 Å². The molecule has 1 amide bonds. The predicted molar refractivity (Wildman–Crippen MR) is 113 cm³/mol. The van der Waals surface area contributed by atoms with E-state index in [1.165, 1.54) is 17.4 Å². The number of nitrogens with one attached hydrogen (secondary N) is 1. The van der Waals surface area contributed by atoms with Crippen LogP contribution >= 0.6 is 30.3 Å². The summed E-state index contributed by atoms with van der Waals surface area (Å²) in [7, 11) is -4.28. The first kappa shape index (κ1) is 21.5. The van der Waals surface area contributed by atoms with E-state index in [-0.39, 0.29) is 23.2 Å². The van der Waals surface area contributed by atoms with Crippen LogP contribution in [0.1, 0.15) is 29.1 Å². The molecule has 29 heavy (non-hydrogen) atoms. The highest BCUT2D eigenvalue weighted by atomic mass is 32.1. The molecule has 0 saturated carbocycles. The fourth-order valence-corrected chi connectivity index (χ4v) is 4.61. The van der Waals surface area contributed by atoms with Gasteiger partial charge in [0.25, 0.3) is 5.91 Å². The smallest absolute Gasteiger partial charge is 0.366 e. The van der Waals surface area contributed by atoms with E-state index in [2.05, 4.69) is 10.3 Å². The van der Waals surface area contributed by atoms with E-state index < -0.39 is 7.60 Å². The molecule has 0 unspecified atom stereocenters. The monoisotopic (exact) mass is 454 g/mol. The number of carbonyl (C=O) groups is 1. The summed E-state index contributed by atoms with van der Waals surface area (Å²) in [5, 5.41) is 4.95. The SMILES string of the molecule is CC(C)Oc1cc(OCc2ccc(P(=O)(O)O)s2)cc(C(=O)Nc2nccs2)c1. The van der Waals surface area contributed by atoms with Gasteiger partial charge in [0.2, 0.25) is 0 Å². The number of anilines is 1. The lowest BCUT2D eigenvalue weighted by Gasteiger charge is -2.14. The molecule has 0 aliphatic carbocycles. The van der Waals surface area contributed by atoms with E-state index in [1.54, 1.807) is 35.8 Å². The van der Waals surface area contributed by atoms with Crippen LogP contribution in [-0.2, 0) is 11.2 Å². The molecular formula is C18H19N2O6PS2. The van der Waals surface area contributed by atoms with Crippen molar-refractivity contribution in [1.29, 1.82) is 0 Å². The van der Waals surface area contributed by atoms with Gasteiger partial charge in [-0.1, -0.05) is 0 Å². The molecule has 0 radical (unpaired) electrons. The summed E-state index contributed by atoms with van der Waals surface area (Å²) >= 11 is 2.29. The first-order chi connectivity index (χ1) is 13.7. The summed E-state index contributed by atoms with van der Waals surface area (Å²) in [6.07, 6.45) is 1.50. The van der Waals surface area contributed by atoms with Crippen molar-refractivity contribution < 1.29 is 28.6 Å². The van der Waals surface area contributed by atoms with Gasteiger partial charge >= 0.3 is 7.60 Å². The van der Waals surface area contributed by atoms with E-state index in [1.807, 2.05) is 13.8 Å².